The fourth-order valence-electron chi connectivity index (χ4n) is 1.74. The first-order valence-corrected chi connectivity index (χ1v) is 6.90. The molecule has 1 aromatic rings. The molecule has 0 amide bonds. The van der Waals surface area contributed by atoms with Crippen molar-refractivity contribution >= 4 is 5.97 Å². The van der Waals surface area contributed by atoms with Gasteiger partial charge in [-0.1, -0.05) is 6.92 Å². The lowest BCUT2D eigenvalue weighted by atomic mass is 10.1. The van der Waals surface area contributed by atoms with Gasteiger partial charge in [0.1, 0.15) is 12.2 Å². The van der Waals surface area contributed by atoms with Crippen LogP contribution in [-0.2, 0) is 14.5 Å². The number of rotatable bonds is 10. The second kappa shape index (κ2) is 9.86. The number of carbonyl (C=O) groups excluding carboxylic acids is 1. The van der Waals surface area contributed by atoms with Gasteiger partial charge in [-0.05, 0) is 18.6 Å². The third kappa shape index (κ3) is 4.78. The minimum absolute atomic E-state index is 0.154. The monoisotopic (exact) mass is 314 g/mol. The topological polar surface area (TPSA) is 72.5 Å². The SMILES string of the molecule is CCCOCCOOC(=O)c1ccc(OC)c(OC)c1OC. The Morgan fingerprint density at radius 1 is 0.955 bits per heavy atom. The summed E-state index contributed by atoms with van der Waals surface area (Å²) < 4.78 is 20.8. The number of hydrogen-bond donors (Lipinski definition) is 0. The van der Waals surface area contributed by atoms with Gasteiger partial charge in [0.25, 0.3) is 0 Å². The van der Waals surface area contributed by atoms with Crippen molar-refractivity contribution in [1.82, 2.24) is 0 Å². The summed E-state index contributed by atoms with van der Waals surface area (Å²) in [4.78, 5) is 21.6. The van der Waals surface area contributed by atoms with Crippen LogP contribution in [0.4, 0.5) is 0 Å². The maximum absolute atomic E-state index is 12.0. The lowest BCUT2D eigenvalue weighted by molar-refractivity contribution is -0.247. The molecule has 0 aliphatic carbocycles. The maximum atomic E-state index is 12.0. The predicted octanol–water partition coefficient (Wildman–Crippen LogP) is 2.23. The smallest absolute Gasteiger partial charge is 0.376 e. The molecule has 0 bridgehead atoms. The van der Waals surface area contributed by atoms with Gasteiger partial charge in [0, 0.05) is 6.61 Å². The summed E-state index contributed by atoms with van der Waals surface area (Å²) in [6.07, 6.45) is 0.919. The Morgan fingerprint density at radius 2 is 1.68 bits per heavy atom. The molecule has 22 heavy (non-hydrogen) atoms. The lowest BCUT2D eigenvalue weighted by Gasteiger charge is -2.14. The molecule has 0 fully saturated rings. The van der Waals surface area contributed by atoms with Crippen molar-refractivity contribution in [3.63, 3.8) is 0 Å². The third-order valence-corrected chi connectivity index (χ3v) is 2.72. The zero-order valence-corrected chi connectivity index (χ0v) is 13.3. The molecule has 0 saturated heterocycles. The molecular weight excluding hydrogens is 292 g/mol. The van der Waals surface area contributed by atoms with Gasteiger partial charge < -0.3 is 18.9 Å². The molecule has 0 unspecified atom stereocenters. The molecule has 0 N–H and O–H groups in total. The molecule has 1 rings (SSSR count). The first kappa shape index (κ1) is 18.1. The molecular formula is C15H22O7. The average Bonchev–Trinajstić information content (AvgIpc) is 2.56. The normalized spacial score (nSPS) is 10.2. The molecule has 0 aromatic heterocycles. The van der Waals surface area contributed by atoms with Crippen molar-refractivity contribution < 1.29 is 33.5 Å². The highest BCUT2D eigenvalue weighted by Crippen LogP contribution is 2.39. The Bertz CT molecular complexity index is 473. The van der Waals surface area contributed by atoms with Crippen LogP contribution in [0.2, 0.25) is 0 Å². The summed E-state index contributed by atoms with van der Waals surface area (Å²) in [5.74, 6) is 0.293. The molecule has 0 radical (unpaired) electrons. The summed E-state index contributed by atoms with van der Waals surface area (Å²) in [5.41, 5.74) is 0.176. The van der Waals surface area contributed by atoms with E-state index in [1.807, 2.05) is 6.92 Å². The van der Waals surface area contributed by atoms with E-state index in [0.717, 1.165) is 6.42 Å². The van der Waals surface area contributed by atoms with E-state index in [0.29, 0.717) is 24.7 Å². The van der Waals surface area contributed by atoms with Crippen LogP contribution in [0.1, 0.15) is 23.7 Å². The fourth-order valence-corrected chi connectivity index (χ4v) is 1.74. The van der Waals surface area contributed by atoms with Gasteiger partial charge in [0.05, 0.1) is 27.9 Å². The quantitative estimate of drug-likeness (QED) is 0.372. The lowest BCUT2D eigenvalue weighted by Crippen LogP contribution is -2.12. The summed E-state index contributed by atoms with van der Waals surface area (Å²) >= 11 is 0. The minimum Gasteiger partial charge on any atom is -0.493 e. The summed E-state index contributed by atoms with van der Waals surface area (Å²) in [6, 6.07) is 3.10. The van der Waals surface area contributed by atoms with Crippen LogP contribution in [0.5, 0.6) is 17.2 Å². The molecule has 0 saturated carbocycles. The molecule has 0 heterocycles. The largest absolute Gasteiger partial charge is 0.493 e. The number of methoxy groups -OCH3 is 3. The first-order chi connectivity index (χ1) is 10.7. The molecule has 7 nitrogen and oxygen atoms in total. The van der Waals surface area contributed by atoms with Crippen molar-refractivity contribution in [3.05, 3.63) is 17.7 Å². The van der Waals surface area contributed by atoms with Crippen molar-refractivity contribution in [3.8, 4) is 17.2 Å². The summed E-state index contributed by atoms with van der Waals surface area (Å²) in [5, 5.41) is 0. The van der Waals surface area contributed by atoms with Crippen molar-refractivity contribution in [2.75, 3.05) is 41.2 Å². The van der Waals surface area contributed by atoms with Gasteiger partial charge in [0.15, 0.2) is 11.5 Å². The van der Waals surface area contributed by atoms with Gasteiger partial charge in [-0.2, -0.15) is 4.89 Å². The molecule has 7 heteroatoms. The van der Waals surface area contributed by atoms with Crippen LogP contribution in [-0.4, -0.2) is 47.1 Å². The molecule has 0 aliphatic heterocycles. The van der Waals surface area contributed by atoms with Crippen LogP contribution in [0.25, 0.3) is 0 Å². The van der Waals surface area contributed by atoms with Crippen LogP contribution >= 0.6 is 0 Å². The second-order valence-corrected chi connectivity index (χ2v) is 4.19. The first-order valence-electron chi connectivity index (χ1n) is 6.90. The molecule has 124 valence electrons. The number of benzene rings is 1. The Kier molecular flexibility index (Phi) is 8.09. The van der Waals surface area contributed by atoms with Crippen molar-refractivity contribution in [2.24, 2.45) is 0 Å². The Labute approximate surface area is 129 Å². The van der Waals surface area contributed by atoms with E-state index in [4.69, 9.17) is 28.7 Å². The highest BCUT2D eigenvalue weighted by atomic mass is 17.2. The standard InChI is InChI=1S/C15H22O7/c1-5-8-20-9-10-21-22-15(16)11-6-7-12(17-2)14(19-4)13(11)18-3/h6-7H,5,8-10H2,1-4H3. The van der Waals surface area contributed by atoms with E-state index < -0.39 is 5.97 Å². The van der Waals surface area contributed by atoms with Gasteiger partial charge in [-0.15, -0.1) is 0 Å². The van der Waals surface area contributed by atoms with Gasteiger partial charge >= 0.3 is 5.97 Å². The van der Waals surface area contributed by atoms with E-state index >= 15 is 0 Å². The summed E-state index contributed by atoms with van der Waals surface area (Å²) in [7, 11) is 4.37. The average molecular weight is 314 g/mol. The van der Waals surface area contributed by atoms with E-state index in [2.05, 4.69) is 0 Å². The van der Waals surface area contributed by atoms with E-state index in [-0.39, 0.29) is 17.9 Å². The third-order valence-electron chi connectivity index (χ3n) is 2.72. The zero-order valence-electron chi connectivity index (χ0n) is 13.3. The summed E-state index contributed by atoms with van der Waals surface area (Å²) in [6.45, 7) is 3.15. The Morgan fingerprint density at radius 3 is 2.27 bits per heavy atom. The van der Waals surface area contributed by atoms with Crippen LogP contribution in [0, 0.1) is 0 Å². The van der Waals surface area contributed by atoms with Gasteiger partial charge in [-0.3, -0.25) is 4.89 Å². The van der Waals surface area contributed by atoms with Crippen LogP contribution < -0.4 is 14.2 Å². The van der Waals surface area contributed by atoms with E-state index in [9.17, 15) is 4.79 Å². The number of ether oxygens (including phenoxy) is 4. The minimum atomic E-state index is -0.687. The Hall–Kier alpha value is -1.99. The zero-order chi connectivity index (χ0) is 16.4. The molecule has 1 aromatic carbocycles. The maximum Gasteiger partial charge on any atom is 0.376 e. The van der Waals surface area contributed by atoms with Crippen molar-refractivity contribution in [2.45, 2.75) is 13.3 Å². The van der Waals surface area contributed by atoms with Crippen LogP contribution in [0.3, 0.4) is 0 Å². The van der Waals surface area contributed by atoms with E-state index in [1.54, 1.807) is 6.07 Å². The molecule has 0 spiro atoms. The molecule has 0 aliphatic rings. The Balaban J connectivity index is 2.69. The molecule has 0 atom stereocenters. The van der Waals surface area contributed by atoms with Gasteiger partial charge in [0.2, 0.25) is 5.75 Å². The highest BCUT2D eigenvalue weighted by Gasteiger charge is 2.22. The number of hydrogen-bond acceptors (Lipinski definition) is 7. The highest BCUT2D eigenvalue weighted by molar-refractivity contribution is 5.93. The number of carbonyl (C=O) groups is 1. The van der Waals surface area contributed by atoms with Gasteiger partial charge in [-0.25, -0.2) is 4.79 Å². The van der Waals surface area contributed by atoms with Crippen LogP contribution in [0.15, 0.2) is 12.1 Å². The second-order valence-electron chi connectivity index (χ2n) is 4.19. The van der Waals surface area contributed by atoms with E-state index in [1.165, 1.54) is 27.4 Å². The fraction of sp³-hybridized carbons (Fsp3) is 0.533. The predicted molar refractivity (Wildman–Crippen MR) is 78.6 cm³/mol. The van der Waals surface area contributed by atoms with Crippen molar-refractivity contribution in [1.29, 1.82) is 0 Å².